The molecule has 2 rings (SSSR count). The highest BCUT2D eigenvalue weighted by Gasteiger charge is 2.16. The summed E-state index contributed by atoms with van der Waals surface area (Å²) in [5, 5.41) is 18.0. The van der Waals surface area contributed by atoms with E-state index in [1.165, 1.54) is 24.3 Å². The van der Waals surface area contributed by atoms with Gasteiger partial charge in [0.05, 0.1) is 6.61 Å². The van der Waals surface area contributed by atoms with E-state index in [1.807, 2.05) is 0 Å². The van der Waals surface area contributed by atoms with Crippen molar-refractivity contribution >= 4 is 10.1 Å². The van der Waals surface area contributed by atoms with Crippen LogP contribution in [0, 0.1) is 0 Å². The molecule has 0 aliphatic rings. The summed E-state index contributed by atoms with van der Waals surface area (Å²) in [7, 11) is -4.41. The molecular weight excluding hydrogens is 324 g/mol. The van der Waals surface area contributed by atoms with Gasteiger partial charge in [-0.05, 0) is 24.3 Å². The number of para-hydroxylation sites is 1. The van der Waals surface area contributed by atoms with Gasteiger partial charge in [0.25, 0.3) is 10.1 Å². The Balaban J connectivity index is 2.19. The zero-order valence-corrected chi connectivity index (χ0v) is 12.8. The molecule has 2 aromatic carbocycles. The van der Waals surface area contributed by atoms with E-state index in [9.17, 15) is 18.1 Å². The predicted octanol–water partition coefficient (Wildman–Crippen LogP) is 1.46. The summed E-state index contributed by atoms with van der Waals surface area (Å²) >= 11 is 0. The van der Waals surface area contributed by atoms with Crippen LogP contribution in [0.3, 0.4) is 0 Å². The molecule has 23 heavy (non-hydrogen) atoms. The Kier molecular flexibility index (Phi) is 5.56. The molecule has 0 aromatic heterocycles. The number of hydrogen-bond donors (Lipinski definition) is 3. The molecule has 7 nitrogen and oxygen atoms in total. The number of hydrogen-bond acceptors (Lipinski definition) is 6. The minimum atomic E-state index is -4.41. The summed E-state index contributed by atoms with van der Waals surface area (Å²) in [6.45, 7) is -0.514. The quantitative estimate of drug-likeness (QED) is 0.654. The first-order valence-electron chi connectivity index (χ1n) is 6.66. The van der Waals surface area contributed by atoms with Crippen LogP contribution in [0.4, 0.5) is 0 Å². The molecule has 3 N–H and O–H groups in total. The zero-order chi connectivity index (χ0) is 16.9. The van der Waals surface area contributed by atoms with Crippen molar-refractivity contribution in [3.63, 3.8) is 0 Å². The molecule has 0 aliphatic carbocycles. The van der Waals surface area contributed by atoms with Crippen molar-refractivity contribution in [1.82, 2.24) is 0 Å². The first-order valence-corrected chi connectivity index (χ1v) is 8.10. The Labute approximate surface area is 133 Å². The first kappa shape index (κ1) is 17.2. The average molecular weight is 340 g/mol. The monoisotopic (exact) mass is 340 g/mol. The fourth-order valence-electron chi connectivity index (χ4n) is 1.75. The fourth-order valence-corrected chi connectivity index (χ4v) is 2.36. The lowest BCUT2D eigenvalue weighted by atomic mass is 10.3. The minimum Gasteiger partial charge on any atom is -0.491 e. The molecule has 0 saturated carbocycles. The van der Waals surface area contributed by atoms with Crippen molar-refractivity contribution < 1.29 is 32.7 Å². The largest absolute Gasteiger partial charge is 0.491 e. The average Bonchev–Trinajstić information content (AvgIpc) is 2.52. The molecule has 1 unspecified atom stereocenters. The van der Waals surface area contributed by atoms with Gasteiger partial charge < -0.3 is 19.7 Å². The van der Waals surface area contributed by atoms with E-state index in [2.05, 4.69) is 0 Å². The van der Waals surface area contributed by atoms with Crippen molar-refractivity contribution in [2.45, 2.75) is 11.0 Å². The van der Waals surface area contributed by atoms with Crippen molar-refractivity contribution in [1.29, 1.82) is 0 Å². The maximum absolute atomic E-state index is 11.3. The van der Waals surface area contributed by atoms with Crippen LogP contribution < -0.4 is 9.47 Å². The second-order valence-corrected chi connectivity index (χ2v) is 6.04. The minimum absolute atomic E-state index is 0.0254. The molecule has 1 atom stereocenters. The van der Waals surface area contributed by atoms with Crippen LogP contribution in [-0.2, 0) is 10.1 Å². The molecule has 124 valence electrons. The topological polar surface area (TPSA) is 113 Å². The van der Waals surface area contributed by atoms with Gasteiger partial charge in [0, 0.05) is 6.07 Å². The fraction of sp³-hybridized carbons (Fsp3) is 0.200. The van der Waals surface area contributed by atoms with Gasteiger partial charge in [0.2, 0.25) is 0 Å². The van der Waals surface area contributed by atoms with Crippen molar-refractivity contribution in [3.8, 4) is 17.2 Å². The Bertz CT molecular complexity index is 758. The molecule has 0 heterocycles. The molecule has 0 radical (unpaired) electrons. The number of ether oxygens (including phenoxy) is 2. The van der Waals surface area contributed by atoms with Crippen LogP contribution in [-0.4, -0.2) is 42.5 Å². The van der Waals surface area contributed by atoms with Gasteiger partial charge >= 0.3 is 0 Å². The van der Waals surface area contributed by atoms with Crippen molar-refractivity contribution in [2.24, 2.45) is 0 Å². The molecular formula is C15H16O7S. The predicted molar refractivity (Wildman–Crippen MR) is 81.4 cm³/mol. The lowest BCUT2D eigenvalue weighted by Crippen LogP contribution is -2.21. The number of rotatable bonds is 7. The molecule has 2 aromatic rings. The molecule has 0 bridgehead atoms. The molecule has 0 fully saturated rings. The summed E-state index contributed by atoms with van der Waals surface area (Å²) in [5.41, 5.74) is 0. The van der Waals surface area contributed by atoms with Gasteiger partial charge in [-0.15, -0.1) is 0 Å². The van der Waals surface area contributed by atoms with Crippen molar-refractivity contribution in [3.05, 3.63) is 48.5 Å². The number of aliphatic hydroxyl groups excluding tert-OH is 2. The van der Waals surface area contributed by atoms with Gasteiger partial charge in [-0.1, -0.05) is 18.2 Å². The standard InChI is InChI=1S/C15H16O7S/c16-9-11(17)10-21-12-4-3-5-13(8-12)22-14-6-1-2-7-15(14)23(18,19)20/h1-8,11,16-17H,9-10H2,(H,18,19,20). The van der Waals surface area contributed by atoms with E-state index in [4.69, 9.17) is 14.6 Å². The van der Waals surface area contributed by atoms with E-state index in [1.54, 1.807) is 24.3 Å². The maximum atomic E-state index is 11.3. The van der Waals surface area contributed by atoms with Crippen molar-refractivity contribution in [2.75, 3.05) is 13.2 Å². The van der Waals surface area contributed by atoms with E-state index < -0.39 is 22.8 Å². The number of benzene rings is 2. The molecule has 0 saturated heterocycles. The summed E-state index contributed by atoms with van der Waals surface area (Å²) < 4.78 is 42.6. The second-order valence-electron chi connectivity index (χ2n) is 4.65. The van der Waals surface area contributed by atoms with Crippen LogP contribution in [0.2, 0.25) is 0 Å². The second kappa shape index (κ2) is 7.42. The van der Waals surface area contributed by atoms with Gasteiger partial charge in [-0.2, -0.15) is 8.42 Å². The summed E-state index contributed by atoms with van der Waals surface area (Å²) in [4.78, 5) is -0.345. The summed E-state index contributed by atoms with van der Waals surface area (Å²) in [5.74, 6) is 0.638. The molecule has 0 amide bonds. The highest BCUT2D eigenvalue weighted by Crippen LogP contribution is 2.30. The van der Waals surface area contributed by atoms with E-state index in [0.717, 1.165) is 0 Å². The first-order chi connectivity index (χ1) is 10.9. The summed E-state index contributed by atoms with van der Waals surface area (Å²) in [6, 6.07) is 12.0. The maximum Gasteiger partial charge on any atom is 0.298 e. The van der Waals surface area contributed by atoms with Gasteiger partial charge in [-0.25, -0.2) is 0 Å². The van der Waals surface area contributed by atoms with Crippen LogP contribution in [0.25, 0.3) is 0 Å². The van der Waals surface area contributed by atoms with E-state index in [-0.39, 0.29) is 23.0 Å². The van der Waals surface area contributed by atoms with Gasteiger partial charge in [0.1, 0.15) is 34.9 Å². The third-order valence-corrected chi connectivity index (χ3v) is 3.71. The zero-order valence-electron chi connectivity index (χ0n) is 12.0. The Morgan fingerprint density at radius 3 is 2.43 bits per heavy atom. The highest BCUT2D eigenvalue weighted by molar-refractivity contribution is 7.86. The van der Waals surface area contributed by atoms with E-state index in [0.29, 0.717) is 5.75 Å². The van der Waals surface area contributed by atoms with Gasteiger partial charge in [0.15, 0.2) is 0 Å². The van der Waals surface area contributed by atoms with Crippen LogP contribution in [0.15, 0.2) is 53.4 Å². The molecule has 0 aliphatic heterocycles. The Hall–Kier alpha value is -2.13. The lowest BCUT2D eigenvalue weighted by molar-refractivity contribution is 0.0535. The third kappa shape index (κ3) is 4.93. The normalized spacial score (nSPS) is 12.7. The SMILES string of the molecule is O=S(=O)(O)c1ccccc1Oc1cccc(OCC(O)CO)c1. The lowest BCUT2D eigenvalue weighted by Gasteiger charge is -2.12. The third-order valence-electron chi connectivity index (χ3n) is 2.81. The molecule has 8 heteroatoms. The smallest absolute Gasteiger partial charge is 0.298 e. The van der Waals surface area contributed by atoms with Crippen LogP contribution in [0.1, 0.15) is 0 Å². The van der Waals surface area contributed by atoms with Gasteiger partial charge in [-0.3, -0.25) is 4.55 Å². The molecule has 0 spiro atoms. The van der Waals surface area contributed by atoms with Crippen LogP contribution >= 0.6 is 0 Å². The Morgan fingerprint density at radius 2 is 1.74 bits per heavy atom. The van der Waals surface area contributed by atoms with Crippen LogP contribution in [0.5, 0.6) is 17.2 Å². The number of aliphatic hydroxyl groups is 2. The summed E-state index contributed by atoms with van der Waals surface area (Å²) in [6.07, 6.45) is -1.00. The van der Waals surface area contributed by atoms with E-state index >= 15 is 0 Å². The Morgan fingerprint density at radius 1 is 1.04 bits per heavy atom. The highest BCUT2D eigenvalue weighted by atomic mass is 32.2.